The number of hydrogen-bond acceptors (Lipinski definition) is 3. The van der Waals surface area contributed by atoms with Crippen LogP contribution < -0.4 is 0 Å². The van der Waals surface area contributed by atoms with Crippen molar-refractivity contribution in [3.8, 4) is 0 Å². The van der Waals surface area contributed by atoms with Crippen molar-refractivity contribution >= 4 is 27.8 Å². The first-order valence-corrected chi connectivity index (χ1v) is 25.5. The van der Waals surface area contributed by atoms with Gasteiger partial charge in [0.05, 0.1) is 0 Å². The summed E-state index contributed by atoms with van der Waals surface area (Å²) in [6, 6.07) is 0. The zero-order valence-corrected chi connectivity index (χ0v) is 36.8. The van der Waals surface area contributed by atoms with Gasteiger partial charge < -0.3 is 0 Å². The molecule has 0 unspecified atom stereocenters. The summed E-state index contributed by atoms with van der Waals surface area (Å²) in [5, 5.41) is 0. The molecule has 0 radical (unpaired) electrons. The fraction of sp³-hybridized carbons (Fsp3) is 1.00. The average Bonchev–Trinajstić information content (AvgIpc) is 2.81. The molecule has 0 rings (SSSR count). The van der Waals surface area contributed by atoms with Gasteiger partial charge in [0.2, 0.25) is 0 Å². The molecule has 0 atom stereocenters. The minimum absolute atomic E-state index is 0.380. The van der Waals surface area contributed by atoms with Crippen LogP contribution in [0.1, 0.15) is 166 Å². The van der Waals surface area contributed by atoms with E-state index in [-0.39, 0.29) is 0 Å². The molecule has 0 aliphatic heterocycles. The van der Waals surface area contributed by atoms with E-state index in [0.29, 0.717) is 67.9 Å². The van der Waals surface area contributed by atoms with Crippen LogP contribution >= 0.6 is 20.5 Å². The summed E-state index contributed by atoms with van der Waals surface area (Å²) in [6.07, 6.45) is 0. The van der Waals surface area contributed by atoms with Gasteiger partial charge in [0.15, 0.2) is 0 Å². The van der Waals surface area contributed by atoms with Gasteiger partial charge in [-0.05, 0) is 0 Å². The van der Waals surface area contributed by atoms with E-state index in [1.807, 2.05) is 0 Å². The Balaban J connectivity index is 8.65. The summed E-state index contributed by atoms with van der Waals surface area (Å²) in [6.45, 7) is 49.4. The Morgan fingerprint density at radius 3 is 0.395 bits per heavy atom. The van der Waals surface area contributed by atoms with Crippen LogP contribution in [0.25, 0.3) is 0 Å². The van der Waals surface area contributed by atoms with Gasteiger partial charge in [-0.3, -0.25) is 0 Å². The third-order valence-corrected chi connectivity index (χ3v) is 42.8. The van der Waals surface area contributed by atoms with E-state index in [1.54, 1.807) is 0 Å². The molecule has 264 valence electrons. The summed E-state index contributed by atoms with van der Waals surface area (Å²) in [4.78, 5) is 0. The van der Waals surface area contributed by atoms with Gasteiger partial charge in [-0.25, -0.2) is 0 Å². The zero-order chi connectivity index (χ0) is 35.0. The first kappa shape index (κ1) is 44.2. The molecule has 0 N–H and O–H groups in total. The summed E-state index contributed by atoms with van der Waals surface area (Å²) in [7, 11) is -0.702. The Labute approximate surface area is 274 Å². The van der Waals surface area contributed by atoms with Crippen molar-refractivity contribution in [2.24, 2.45) is 0 Å². The first-order valence-electron chi connectivity index (χ1n) is 18.2. The van der Waals surface area contributed by atoms with E-state index in [9.17, 15) is 0 Å². The summed E-state index contributed by atoms with van der Waals surface area (Å²) < 4.78 is 24.6. The van der Waals surface area contributed by atoms with Crippen LogP contribution in [0.15, 0.2) is 0 Å². The van der Waals surface area contributed by atoms with E-state index >= 15 is 0 Å². The molecule has 0 bridgehead atoms. The van der Waals surface area contributed by atoms with Gasteiger partial charge in [0, 0.05) is 0 Å². The fourth-order valence-corrected chi connectivity index (χ4v) is 38.9. The Morgan fingerprint density at radius 2 is 0.326 bits per heavy atom. The molecule has 0 aromatic carbocycles. The SMILES string of the molecule is CC(C)P(OB(OP(C(C)C)(C(C)C)(C(C)C)C(C)C)OP(C(C)C)(C(C)C)(C(C)C)C(C)C)(C(C)C)(C(C)C)C(C)C. The topological polar surface area (TPSA) is 27.7 Å². The van der Waals surface area contributed by atoms with Crippen molar-refractivity contribution in [2.45, 2.75) is 234 Å². The average molecular weight is 669 g/mol. The maximum atomic E-state index is 8.19. The van der Waals surface area contributed by atoms with Crippen LogP contribution in [-0.2, 0) is 13.3 Å². The quantitative estimate of drug-likeness (QED) is 0.107. The minimum atomic E-state index is -2.99. The van der Waals surface area contributed by atoms with E-state index in [1.165, 1.54) is 0 Å². The number of hydrogen-bond donors (Lipinski definition) is 0. The molecule has 0 heterocycles. The molecule has 0 spiro atoms. The third-order valence-electron chi connectivity index (χ3n) is 14.3. The van der Waals surface area contributed by atoms with Crippen LogP contribution in [0.4, 0.5) is 0 Å². The molecule has 43 heavy (non-hydrogen) atoms. The summed E-state index contributed by atoms with van der Waals surface area (Å²) in [5.74, 6) is 0. The van der Waals surface area contributed by atoms with Crippen molar-refractivity contribution in [3.05, 3.63) is 0 Å². The molecular formula is C36H84BO3P3. The van der Waals surface area contributed by atoms with Crippen LogP contribution in [0, 0.1) is 0 Å². The normalized spacial score (nSPS) is 17.4. The third kappa shape index (κ3) is 5.54. The fourth-order valence-electron chi connectivity index (χ4n) is 12.8. The molecule has 0 aromatic rings. The van der Waals surface area contributed by atoms with Crippen LogP contribution in [0.5, 0.6) is 0 Å². The van der Waals surface area contributed by atoms with E-state index in [2.05, 4.69) is 166 Å². The second kappa shape index (κ2) is 14.4. The molecule has 0 fully saturated rings. The number of rotatable bonds is 18. The molecule has 0 saturated carbocycles. The summed E-state index contributed by atoms with van der Waals surface area (Å²) >= 11 is 0. The first-order chi connectivity index (χ1) is 19.1. The van der Waals surface area contributed by atoms with Gasteiger partial charge in [-0.2, -0.15) is 0 Å². The van der Waals surface area contributed by atoms with Crippen LogP contribution in [0.2, 0.25) is 0 Å². The van der Waals surface area contributed by atoms with E-state index in [0.717, 1.165) is 0 Å². The second-order valence-electron chi connectivity index (χ2n) is 17.7. The Kier molecular flexibility index (Phi) is 14.8. The van der Waals surface area contributed by atoms with Gasteiger partial charge in [0.1, 0.15) is 0 Å². The van der Waals surface area contributed by atoms with E-state index in [4.69, 9.17) is 13.3 Å². The van der Waals surface area contributed by atoms with Gasteiger partial charge in [-0.1, -0.05) is 0 Å². The van der Waals surface area contributed by atoms with Gasteiger partial charge in [-0.15, -0.1) is 0 Å². The predicted molar refractivity (Wildman–Crippen MR) is 211 cm³/mol. The predicted octanol–water partition coefficient (Wildman–Crippen LogP) is 13.3. The Morgan fingerprint density at radius 1 is 0.233 bits per heavy atom. The molecule has 0 saturated heterocycles. The van der Waals surface area contributed by atoms with E-state index < -0.39 is 27.8 Å². The monoisotopic (exact) mass is 669 g/mol. The zero-order valence-electron chi connectivity index (χ0n) is 34.1. The van der Waals surface area contributed by atoms with Gasteiger partial charge >= 0.3 is 275 Å². The molecular weight excluding hydrogens is 584 g/mol. The van der Waals surface area contributed by atoms with Crippen molar-refractivity contribution in [1.82, 2.24) is 0 Å². The van der Waals surface area contributed by atoms with Gasteiger partial charge in [0.25, 0.3) is 0 Å². The van der Waals surface area contributed by atoms with Crippen LogP contribution in [-0.4, -0.2) is 75.2 Å². The maximum absolute atomic E-state index is 8.19. The van der Waals surface area contributed by atoms with Crippen molar-refractivity contribution in [3.63, 3.8) is 0 Å². The molecule has 0 aromatic heterocycles. The standard InChI is InChI=1S/C36H84BO3P3/c1-25(2)41(26(3)4,27(5)6,28(7)8)38-37(39-42(29(9)10,30(11)12,31(13)14)32(15)16)40-43(33(17)18,34(19)20,35(21)22)36(23)24/h25-36H,1-24H3. The summed E-state index contributed by atoms with van der Waals surface area (Å²) in [5.41, 5.74) is 4.56. The Hall–Kier alpha value is 1.23. The Bertz CT molecular complexity index is 646. The molecule has 7 heteroatoms. The molecule has 3 nitrogen and oxygen atoms in total. The van der Waals surface area contributed by atoms with Crippen LogP contribution in [0.3, 0.4) is 0 Å². The molecule has 0 aliphatic rings. The van der Waals surface area contributed by atoms with Crippen molar-refractivity contribution in [2.75, 3.05) is 0 Å². The molecule has 0 aliphatic carbocycles. The molecule has 0 amide bonds. The van der Waals surface area contributed by atoms with Crippen molar-refractivity contribution in [1.29, 1.82) is 0 Å². The van der Waals surface area contributed by atoms with Crippen molar-refractivity contribution < 1.29 is 13.3 Å². The second-order valence-corrected chi connectivity index (χ2v) is 38.6.